The van der Waals surface area contributed by atoms with Gasteiger partial charge >= 0.3 is 5.97 Å². The molecule has 3 aromatic rings. The summed E-state index contributed by atoms with van der Waals surface area (Å²) in [6, 6.07) is 17.7. The first kappa shape index (κ1) is 26.1. The molecule has 0 atom stereocenters. The first-order valence-electron chi connectivity index (χ1n) is 11.5. The second-order valence-electron chi connectivity index (χ2n) is 7.91. The van der Waals surface area contributed by atoms with Crippen LogP contribution in [0.1, 0.15) is 28.3 Å². The highest BCUT2D eigenvalue weighted by atomic mass is 32.2. The highest BCUT2D eigenvalue weighted by Crippen LogP contribution is 2.36. The number of hydrogen-bond acceptors (Lipinski definition) is 8. The molecular formula is C27H26N2O7S. The number of aromatic carboxylic acids is 1. The molecule has 1 N–H and O–H groups in total. The molecule has 1 amide bonds. The number of carboxylic acids is 1. The Balaban J connectivity index is 1.53. The summed E-state index contributed by atoms with van der Waals surface area (Å²) in [5.74, 6) is -0.132. The van der Waals surface area contributed by atoms with Gasteiger partial charge in [0.05, 0.1) is 17.7 Å². The molecule has 1 aromatic heterocycles. The van der Waals surface area contributed by atoms with Crippen molar-refractivity contribution in [2.45, 2.75) is 13.0 Å². The van der Waals surface area contributed by atoms with Gasteiger partial charge in [-0.2, -0.15) is 0 Å². The monoisotopic (exact) mass is 522 g/mol. The van der Waals surface area contributed by atoms with Gasteiger partial charge < -0.3 is 23.7 Å². The molecule has 0 unspecified atom stereocenters. The SMILES string of the molecule is COCCCN1C(=O)/C(=C/c2ccc(OCc3ccc(C(=O)O)o3)c(OC)c2)SC1=Nc1ccccc1. The van der Waals surface area contributed by atoms with E-state index in [1.54, 1.807) is 36.3 Å². The lowest BCUT2D eigenvalue weighted by atomic mass is 10.2. The molecule has 192 valence electrons. The third kappa shape index (κ3) is 6.60. The summed E-state index contributed by atoms with van der Waals surface area (Å²) in [7, 11) is 3.15. The molecule has 37 heavy (non-hydrogen) atoms. The minimum atomic E-state index is -1.14. The van der Waals surface area contributed by atoms with Gasteiger partial charge in [-0.1, -0.05) is 24.3 Å². The lowest BCUT2D eigenvalue weighted by Crippen LogP contribution is -2.30. The first-order chi connectivity index (χ1) is 18.0. The molecule has 1 saturated heterocycles. The number of carboxylic acid groups (broad SMARTS) is 1. The van der Waals surface area contributed by atoms with Crippen LogP contribution in [0.5, 0.6) is 11.5 Å². The van der Waals surface area contributed by atoms with Crippen LogP contribution in [-0.2, 0) is 16.1 Å². The highest BCUT2D eigenvalue weighted by molar-refractivity contribution is 8.18. The van der Waals surface area contributed by atoms with Crippen LogP contribution in [0.4, 0.5) is 5.69 Å². The summed E-state index contributed by atoms with van der Waals surface area (Å²) < 4.78 is 21.6. The Morgan fingerprint density at radius 1 is 1.11 bits per heavy atom. The van der Waals surface area contributed by atoms with Crippen LogP contribution in [0.15, 0.2) is 75.0 Å². The van der Waals surface area contributed by atoms with Crippen LogP contribution in [0.3, 0.4) is 0 Å². The van der Waals surface area contributed by atoms with E-state index in [-0.39, 0.29) is 18.3 Å². The number of ether oxygens (including phenoxy) is 3. The number of furan rings is 1. The number of benzene rings is 2. The Bertz CT molecular complexity index is 1320. The molecule has 2 aromatic carbocycles. The second kappa shape index (κ2) is 12.3. The van der Waals surface area contributed by atoms with E-state index in [9.17, 15) is 9.59 Å². The number of nitrogens with zero attached hydrogens (tertiary/aromatic N) is 2. The van der Waals surface area contributed by atoms with E-state index >= 15 is 0 Å². The number of carbonyl (C=O) groups is 2. The summed E-state index contributed by atoms with van der Waals surface area (Å²) in [4.78, 5) is 31.1. The Kier molecular flexibility index (Phi) is 8.65. The largest absolute Gasteiger partial charge is 0.493 e. The van der Waals surface area contributed by atoms with Crippen molar-refractivity contribution in [2.24, 2.45) is 4.99 Å². The van der Waals surface area contributed by atoms with Gasteiger partial charge in [0.2, 0.25) is 5.76 Å². The predicted molar refractivity (Wildman–Crippen MR) is 140 cm³/mol. The van der Waals surface area contributed by atoms with Crippen LogP contribution >= 0.6 is 11.8 Å². The lowest BCUT2D eigenvalue weighted by molar-refractivity contribution is -0.122. The molecule has 1 fully saturated rings. The van der Waals surface area contributed by atoms with Crippen molar-refractivity contribution in [2.75, 3.05) is 27.4 Å². The lowest BCUT2D eigenvalue weighted by Gasteiger charge is -2.15. The quantitative estimate of drug-likeness (QED) is 0.270. The maximum atomic E-state index is 13.2. The predicted octanol–water partition coefficient (Wildman–Crippen LogP) is 5.21. The topological polar surface area (TPSA) is 111 Å². The third-order valence-electron chi connectivity index (χ3n) is 5.33. The molecule has 0 spiro atoms. The number of hydrogen-bond donors (Lipinski definition) is 1. The Labute approximate surface area is 218 Å². The highest BCUT2D eigenvalue weighted by Gasteiger charge is 2.33. The van der Waals surface area contributed by atoms with Crippen molar-refractivity contribution in [1.29, 1.82) is 0 Å². The molecular weight excluding hydrogens is 496 g/mol. The number of amidine groups is 1. The van der Waals surface area contributed by atoms with Crippen molar-refractivity contribution in [1.82, 2.24) is 4.90 Å². The van der Waals surface area contributed by atoms with E-state index in [1.165, 1.54) is 24.9 Å². The number of thioether (sulfide) groups is 1. The van der Waals surface area contributed by atoms with Crippen LogP contribution in [0.2, 0.25) is 0 Å². The van der Waals surface area contributed by atoms with Crippen LogP contribution in [0, 0.1) is 0 Å². The summed E-state index contributed by atoms with van der Waals surface area (Å²) in [6.45, 7) is 1.07. The second-order valence-corrected chi connectivity index (χ2v) is 8.92. The fraction of sp³-hybridized carbons (Fsp3) is 0.222. The number of para-hydroxylation sites is 1. The van der Waals surface area contributed by atoms with Gasteiger partial charge in [0.15, 0.2) is 16.7 Å². The minimum absolute atomic E-state index is 0.0359. The molecule has 1 aliphatic heterocycles. The molecule has 9 nitrogen and oxygen atoms in total. The standard InChI is InChI=1S/C27H26N2O7S/c1-33-14-6-13-29-25(30)24(37-27(29)28-19-7-4-3-5-8-19)16-18-9-11-21(23(15-18)34-2)35-17-20-10-12-22(36-20)26(31)32/h3-5,7-12,15-16H,6,13-14,17H2,1-2H3,(H,31,32)/b24-16-,28-27?. The molecule has 4 rings (SSSR count). The smallest absolute Gasteiger partial charge is 0.371 e. The average molecular weight is 523 g/mol. The van der Waals surface area contributed by atoms with Crippen molar-refractivity contribution >= 4 is 40.6 Å². The Morgan fingerprint density at radius 2 is 1.92 bits per heavy atom. The van der Waals surface area contributed by atoms with E-state index in [2.05, 4.69) is 4.99 Å². The van der Waals surface area contributed by atoms with Crippen LogP contribution < -0.4 is 9.47 Å². The number of carbonyl (C=O) groups excluding carboxylic acids is 1. The number of aliphatic imine (C=N–C) groups is 1. The van der Waals surface area contributed by atoms with Crippen LogP contribution in [-0.4, -0.2) is 54.4 Å². The van der Waals surface area contributed by atoms with E-state index in [4.69, 9.17) is 23.7 Å². The summed E-state index contributed by atoms with van der Waals surface area (Å²) >= 11 is 1.32. The van der Waals surface area contributed by atoms with Gasteiger partial charge in [0.1, 0.15) is 12.4 Å². The van der Waals surface area contributed by atoms with Gasteiger partial charge in [-0.15, -0.1) is 0 Å². The fourth-order valence-corrected chi connectivity index (χ4v) is 4.56. The van der Waals surface area contributed by atoms with Crippen molar-refractivity contribution in [3.63, 3.8) is 0 Å². The van der Waals surface area contributed by atoms with Gasteiger partial charge in [0.25, 0.3) is 5.91 Å². The van der Waals surface area contributed by atoms with Gasteiger partial charge in [-0.05, 0) is 66.2 Å². The van der Waals surface area contributed by atoms with Gasteiger partial charge in [-0.3, -0.25) is 9.69 Å². The average Bonchev–Trinajstić information content (AvgIpc) is 3.49. The first-order valence-corrected chi connectivity index (χ1v) is 12.3. The van der Waals surface area contributed by atoms with E-state index in [0.717, 1.165) is 11.3 Å². The van der Waals surface area contributed by atoms with E-state index in [0.29, 0.717) is 46.9 Å². The maximum Gasteiger partial charge on any atom is 0.371 e. The molecule has 10 heteroatoms. The van der Waals surface area contributed by atoms with Crippen LogP contribution in [0.25, 0.3) is 6.08 Å². The van der Waals surface area contributed by atoms with Crippen molar-refractivity contribution in [3.05, 3.63) is 82.7 Å². The molecule has 0 radical (unpaired) electrons. The minimum Gasteiger partial charge on any atom is -0.493 e. The zero-order valence-electron chi connectivity index (χ0n) is 20.4. The third-order valence-corrected chi connectivity index (χ3v) is 6.33. The zero-order chi connectivity index (χ0) is 26.2. The normalized spacial score (nSPS) is 15.5. The van der Waals surface area contributed by atoms with E-state index < -0.39 is 5.97 Å². The number of amides is 1. The summed E-state index contributed by atoms with van der Waals surface area (Å²) in [6.07, 6.45) is 2.48. The zero-order valence-corrected chi connectivity index (χ0v) is 21.2. The molecule has 2 heterocycles. The fourth-order valence-electron chi connectivity index (χ4n) is 3.53. The van der Waals surface area contributed by atoms with Gasteiger partial charge in [0, 0.05) is 20.3 Å². The van der Waals surface area contributed by atoms with Crippen molar-refractivity contribution in [3.8, 4) is 11.5 Å². The number of rotatable bonds is 11. The Morgan fingerprint density at radius 3 is 2.62 bits per heavy atom. The number of methoxy groups -OCH3 is 2. The maximum absolute atomic E-state index is 13.2. The molecule has 0 saturated carbocycles. The van der Waals surface area contributed by atoms with Crippen molar-refractivity contribution < 1.29 is 33.3 Å². The molecule has 0 aliphatic carbocycles. The summed E-state index contributed by atoms with van der Waals surface area (Å²) in [5, 5.41) is 9.61. The molecule has 1 aliphatic rings. The summed E-state index contributed by atoms with van der Waals surface area (Å²) in [5.41, 5.74) is 1.52. The Hall–Kier alpha value is -4.02. The van der Waals surface area contributed by atoms with E-state index in [1.807, 2.05) is 36.4 Å². The molecule has 0 bridgehead atoms. The van der Waals surface area contributed by atoms with Gasteiger partial charge in [-0.25, -0.2) is 9.79 Å².